The molecular formula is C10H8F2N4OS. The Labute approximate surface area is 105 Å². The number of hydrogen-bond acceptors (Lipinski definition) is 5. The molecule has 1 heterocycles. The van der Waals surface area contributed by atoms with Gasteiger partial charge in [0.15, 0.2) is 0 Å². The highest BCUT2D eigenvalue weighted by atomic mass is 32.1. The van der Waals surface area contributed by atoms with E-state index in [1.807, 2.05) is 0 Å². The zero-order valence-corrected chi connectivity index (χ0v) is 10.0. The lowest BCUT2D eigenvalue weighted by Crippen LogP contribution is -2.14. The Kier molecular flexibility index (Phi) is 3.47. The lowest BCUT2D eigenvalue weighted by atomic mass is 10.3. The number of carbonyl (C=O) groups is 1. The van der Waals surface area contributed by atoms with E-state index < -0.39 is 23.2 Å². The van der Waals surface area contributed by atoms with Gasteiger partial charge in [0, 0.05) is 7.05 Å². The molecule has 94 valence electrons. The fourth-order valence-electron chi connectivity index (χ4n) is 1.20. The second-order valence-corrected chi connectivity index (χ2v) is 4.19. The van der Waals surface area contributed by atoms with Crippen LogP contribution in [0.15, 0.2) is 18.2 Å². The van der Waals surface area contributed by atoms with Crippen LogP contribution >= 0.6 is 11.3 Å². The second kappa shape index (κ2) is 5.05. The van der Waals surface area contributed by atoms with Gasteiger partial charge in [0.1, 0.15) is 17.3 Å². The van der Waals surface area contributed by atoms with Crippen LogP contribution < -0.4 is 10.6 Å². The number of aromatic nitrogens is 2. The topological polar surface area (TPSA) is 66.9 Å². The molecule has 2 rings (SSSR count). The van der Waals surface area contributed by atoms with Crippen LogP contribution in [0, 0.1) is 11.6 Å². The van der Waals surface area contributed by atoms with Gasteiger partial charge >= 0.3 is 0 Å². The number of carbonyl (C=O) groups excluding carboxylic acids is 1. The summed E-state index contributed by atoms with van der Waals surface area (Å²) >= 11 is 0.982. The summed E-state index contributed by atoms with van der Waals surface area (Å²) in [6.45, 7) is 0. The molecule has 0 aliphatic rings. The van der Waals surface area contributed by atoms with Gasteiger partial charge in [0.2, 0.25) is 10.1 Å². The summed E-state index contributed by atoms with van der Waals surface area (Å²) in [5, 5.41) is 12.5. The van der Waals surface area contributed by atoms with Crippen LogP contribution in [0.4, 0.5) is 19.6 Å². The number of nitrogens with one attached hydrogen (secondary N) is 2. The number of nitrogens with zero attached hydrogens (tertiary/aromatic N) is 2. The van der Waals surface area contributed by atoms with Crippen LogP contribution in [0.25, 0.3) is 0 Å². The molecule has 0 unspecified atom stereocenters. The molecule has 0 saturated carbocycles. The molecule has 0 radical (unpaired) electrons. The molecule has 2 N–H and O–H groups in total. The lowest BCUT2D eigenvalue weighted by molar-refractivity contribution is 0.102. The maximum absolute atomic E-state index is 13.3. The summed E-state index contributed by atoms with van der Waals surface area (Å²) in [7, 11) is 1.62. The van der Waals surface area contributed by atoms with Crippen molar-refractivity contribution in [3.63, 3.8) is 0 Å². The fraction of sp³-hybridized carbons (Fsp3) is 0.100. The van der Waals surface area contributed by atoms with Crippen molar-refractivity contribution in [3.05, 3.63) is 34.8 Å². The molecule has 0 aliphatic heterocycles. The zero-order chi connectivity index (χ0) is 13.1. The van der Waals surface area contributed by atoms with Gasteiger partial charge in [-0.1, -0.05) is 17.4 Å². The van der Waals surface area contributed by atoms with Gasteiger partial charge in [-0.15, -0.1) is 10.2 Å². The van der Waals surface area contributed by atoms with E-state index in [1.54, 1.807) is 7.05 Å². The second-order valence-electron chi connectivity index (χ2n) is 3.21. The van der Waals surface area contributed by atoms with Crippen LogP contribution in [0.5, 0.6) is 0 Å². The summed E-state index contributed by atoms with van der Waals surface area (Å²) in [5.41, 5.74) is -0.497. The summed E-state index contributed by atoms with van der Waals surface area (Å²) in [6.07, 6.45) is 0. The molecule has 18 heavy (non-hydrogen) atoms. The predicted octanol–water partition coefficient (Wildman–Crippen LogP) is 2.11. The number of benzene rings is 1. The predicted molar refractivity (Wildman–Crippen MR) is 63.8 cm³/mol. The SMILES string of the molecule is CNc1nnc(C(=O)Nc2c(F)cccc2F)s1. The molecule has 5 nitrogen and oxygen atoms in total. The molecule has 8 heteroatoms. The van der Waals surface area contributed by atoms with E-state index in [4.69, 9.17) is 0 Å². The van der Waals surface area contributed by atoms with Crippen LogP contribution in [-0.4, -0.2) is 23.2 Å². The van der Waals surface area contributed by atoms with Crippen molar-refractivity contribution in [2.24, 2.45) is 0 Å². The standard InChI is InChI=1S/C10H8F2N4OS/c1-13-10-16-15-9(18-10)8(17)14-7-5(11)3-2-4-6(7)12/h2-4H,1H3,(H,13,16)(H,14,17). The Balaban J connectivity index is 2.21. The van der Waals surface area contributed by atoms with E-state index in [9.17, 15) is 13.6 Å². The summed E-state index contributed by atoms with van der Waals surface area (Å²) in [4.78, 5) is 11.7. The van der Waals surface area contributed by atoms with Crippen molar-refractivity contribution < 1.29 is 13.6 Å². The number of rotatable bonds is 3. The van der Waals surface area contributed by atoms with Crippen molar-refractivity contribution >= 4 is 28.1 Å². The number of hydrogen-bond donors (Lipinski definition) is 2. The monoisotopic (exact) mass is 270 g/mol. The van der Waals surface area contributed by atoms with E-state index in [2.05, 4.69) is 20.8 Å². The minimum absolute atomic E-state index is 0.0157. The molecule has 0 atom stereocenters. The largest absolute Gasteiger partial charge is 0.363 e. The summed E-state index contributed by atoms with van der Waals surface area (Å²) < 4.78 is 26.6. The van der Waals surface area contributed by atoms with E-state index in [0.717, 1.165) is 23.5 Å². The molecule has 0 saturated heterocycles. The Morgan fingerprint density at radius 3 is 2.50 bits per heavy atom. The van der Waals surface area contributed by atoms with Gasteiger partial charge in [-0.05, 0) is 12.1 Å². The fourth-order valence-corrected chi connectivity index (χ4v) is 1.79. The normalized spacial score (nSPS) is 10.2. The number of para-hydroxylation sites is 1. The van der Waals surface area contributed by atoms with Gasteiger partial charge in [-0.25, -0.2) is 8.78 Å². The quantitative estimate of drug-likeness (QED) is 0.896. The van der Waals surface area contributed by atoms with Crippen LogP contribution in [0.1, 0.15) is 9.80 Å². The van der Waals surface area contributed by atoms with Gasteiger partial charge in [-0.3, -0.25) is 4.79 Å². The Morgan fingerprint density at radius 1 is 1.28 bits per heavy atom. The maximum Gasteiger partial charge on any atom is 0.286 e. The molecule has 1 aromatic carbocycles. The lowest BCUT2D eigenvalue weighted by Gasteiger charge is -2.04. The Morgan fingerprint density at radius 2 is 1.94 bits per heavy atom. The first-order valence-corrected chi connectivity index (χ1v) is 5.70. The van der Waals surface area contributed by atoms with Gasteiger partial charge in [0.05, 0.1) is 0 Å². The molecule has 0 aliphatic carbocycles. The third-order valence-corrected chi connectivity index (χ3v) is 2.97. The summed E-state index contributed by atoms with van der Waals surface area (Å²) in [5.74, 6) is -2.40. The van der Waals surface area contributed by atoms with Gasteiger partial charge in [-0.2, -0.15) is 0 Å². The zero-order valence-electron chi connectivity index (χ0n) is 9.20. The Hall–Kier alpha value is -2.09. The Bertz CT molecular complexity index is 567. The smallest absolute Gasteiger partial charge is 0.286 e. The van der Waals surface area contributed by atoms with Crippen LogP contribution in [0.2, 0.25) is 0 Å². The molecule has 0 spiro atoms. The molecule has 2 aromatic rings. The van der Waals surface area contributed by atoms with Gasteiger partial charge in [0.25, 0.3) is 5.91 Å². The highest BCUT2D eigenvalue weighted by Gasteiger charge is 2.16. The van der Waals surface area contributed by atoms with E-state index in [0.29, 0.717) is 5.13 Å². The van der Waals surface area contributed by atoms with Crippen LogP contribution in [-0.2, 0) is 0 Å². The van der Waals surface area contributed by atoms with E-state index in [-0.39, 0.29) is 5.01 Å². The highest BCUT2D eigenvalue weighted by molar-refractivity contribution is 7.17. The summed E-state index contributed by atoms with van der Waals surface area (Å²) in [6, 6.07) is 3.32. The molecule has 1 aromatic heterocycles. The van der Waals surface area contributed by atoms with E-state index >= 15 is 0 Å². The van der Waals surface area contributed by atoms with Crippen molar-refractivity contribution in [1.82, 2.24) is 10.2 Å². The maximum atomic E-state index is 13.3. The van der Waals surface area contributed by atoms with Crippen molar-refractivity contribution in [2.75, 3.05) is 17.7 Å². The average Bonchev–Trinajstić information content (AvgIpc) is 2.82. The van der Waals surface area contributed by atoms with Crippen molar-refractivity contribution in [3.8, 4) is 0 Å². The molecule has 1 amide bonds. The van der Waals surface area contributed by atoms with Crippen molar-refractivity contribution in [2.45, 2.75) is 0 Å². The average molecular weight is 270 g/mol. The van der Waals surface area contributed by atoms with E-state index in [1.165, 1.54) is 6.07 Å². The van der Waals surface area contributed by atoms with Gasteiger partial charge < -0.3 is 10.6 Å². The van der Waals surface area contributed by atoms with Crippen molar-refractivity contribution in [1.29, 1.82) is 0 Å². The molecular weight excluding hydrogens is 262 g/mol. The third kappa shape index (κ3) is 2.43. The first kappa shape index (κ1) is 12.4. The first-order valence-electron chi connectivity index (χ1n) is 4.88. The number of anilines is 2. The first-order chi connectivity index (χ1) is 8.61. The van der Waals surface area contributed by atoms with Crippen LogP contribution in [0.3, 0.4) is 0 Å². The third-order valence-electron chi connectivity index (χ3n) is 2.03. The molecule has 0 bridgehead atoms. The number of halogens is 2. The highest BCUT2D eigenvalue weighted by Crippen LogP contribution is 2.20. The molecule has 0 fully saturated rings. The minimum Gasteiger partial charge on any atom is -0.363 e. The number of amides is 1. The minimum atomic E-state index is -0.846.